The molecule has 0 saturated heterocycles. The number of hydrazone groups is 1. The van der Waals surface area contributed by atoms with E-state index in [1.54, 1.807) is 49.4 Å². The average molecular weight is 433 g/mol. The Morgan fingerprint density at radius 3 is 2.43 bits per heavy atom. The van der Waals surface area contributed by atoms with Crippen LogP contribution < -0.4 is 19.8 Å². The standard InChI is InChI=1S/C20H24N4O5S/c1-14(16-7-5-8-17(11-16)21-15(2)25)22-23-20(26)13-24(30(4,27)28)18-9-6-10-19(12-18)29-3/h5-12H,13H2,1-4H3,(H,21,25)(H,23,26)/b22-14-. The summed E-state index contributed by atoms with van der Waals surface area (Å²) in [6.45, 7) is 2.64. The Balaban J connectivity index is 2.14. The van der Waals surface area contributed by atoms with Crippen LogP contribution in [0.15, 0.2) is 53.6 Å². The van der Waals surface area contributed by atoms with E-state index in [0.29, 0.717) is 28.4 Å². The van der Waals surface area contributed by atoms with E-state index in [1.807, 2.05) is 0 Å². The van der Waals surface area contributed by atoms with Crippen LogP contribution in [0.25, 0.3) is 0 Å². The van der Waals surface area contributed by atoms with Crippen LogP contribution >= 0.6 is 0 Å². The van der Waals surface area contributed by atoms with Crippen LogP contribution in [0.4, 0.5) is 11.4 Å². The highest BCUT2D eigenvalue weighted by molar-refractivity contribution is 7.92. The molecule has 0 atom stereocenters. The SMILES string of the molecule is COc1cccc(N(CC(=O)N/N=C(/C)c2cccc(NC(C)=O)c2)S(C)(=O)=O)c1. The van der Waals surface area contributed by atoms with Crippen LogP contribution in [-0.2, 0) is 19.6 Å². The number of amides is 2. The molecule has 0 unspecified atom stereocenters. The zero-order valence-corrected chi connectivity index (χ0v) is 18.0. The molecule has 2 rings (SSSR count). The molecule has 2 amide bonds. The van der Waals surface area contributed by atoms with Crippen molar-refractivity contribution in [2.75, 3.05) is 29.5 Å². The number of hydrogen-bond donors (Lipinski definition) is 2. The molecule has 2 N–H and O–H groups in total. The molecule has 0 aromatic heterocycles. The Hall–Kier alpha value is -3.40. The van der Waals surface area contributed by atoms with Gasteiger partial charge in [0.1, 0.15) is 12.3 Å². The fourth-order valence-electron chi connectivity index (χ4n) is 2.57. The Morgan fingerprint density at radius 2 is 1.80 bits per heavy atom. The molecule has 0 aliphatic heterocycles. The first-order chi connectivity index (χ1) is 14.1. The van der Waals surface area contributed by atoms with Crippen molar-refractivity contribution < 1.29 is 22.7 Å². The number of carbonyl (C=O) groups excluding carboxylic acids is 2. The third-order valence-electron chi connectivity index (χ3n) is 3.98. The topological polar surface area (TPSA) is 117 Å². The van der Waals surface area contributed by atoms with Crippen LogP contribution in [0.1, 0.15) is 19.4 Å². The van der Waals surface area contributed by atoms with Crippen molar-refractivity contribution in [3.8, 4) is 5.75 Å². The Labute approximate surface area is 175 Å². The van der Waals surface area contributed by atoms with Crippen molar-refractivity contribution >= 4 is 38.9 Å². The molecule has 0 fully saturated rings. The van der Waals surface area contributed by atoms with Crippen molar-refractivity contribution in [3.05, 3.63) is 54.1 Å². The van der Waals surface area contributed by atoms with Crippen molar-refractivity contribution in [3.63, 3.8) is 0 Å². The third-order valence-corrected chi connectivity index (χ3v) is 5.12. The summed E-state index contributed by atoms with van der Waals surface area (Å²) in [5, 5.41) is 6.71. The van der Waals surface area contributed by atoms with Crippen LogP contribution in [0, 0.1) is 0 Å². The second-order valence-corrected chi connectivity index (χ2v) is 8.37. The van der Waals surface area contributed by atoms with Crippen molar-refractivity contribution in [1.29, 1.82) is 0 Å². The predicted molar refractivity (Wildman–Crippen MR) is 116 cm³/mol. The molecule has 0 aliphatic carbocycles. The lowest BCUT2D eigenvalue weighted by Crippen LogP contribution is -2.39. The lowest BCUT2D eigenvalue weighted by Gasteiger charge is -2.21. The van der Waals surface area contributed by atoms with Gasteiger partial charge in [0.2, 0.25) is 15.9 Å². The minimum absolute atomic E-state index is 0.201. The highest BCUT2D eigenvalue weighted by Crippen LogP contribution is 2.22. The van der Waals surface area contributed by atoms with Gasteiger partial charge in [-0.25, -0.2) is 13.8 Å². The highest BCUT2D eigenvalue weighted by Gasteiger charge is 2.21. The number of methoxy groups -OCH3 is 1. The molecule has 30 heavy (non-hydrogen) atoms. The van der Waals surface area contributed by atoms with Gasteiger partial charge in [-0.15, -0.1) is 0 Å². The molecule has 9 nitrogen and oxygen atoms in total. The first kappa shape index (κ1) is 22.9. The van der Waals surface area contributed by atoms with Gasteiger partial charge >= 0.3 is 0 Å². The maximum Gasteiger partial charge on any atom is 0.260 e. The zero-order chi connectivity index (χ0) is 22.3. The first-order valence-electron chi connectivity index (χ1n) is 8.93. The monoisotopic (exact) mass is 432 g/mol. The summed E-state index contributed by atoms with van der Waals surface area (Å²) in [4.78, 5) is 23.6. The van der Waals surface area contributed by atoms with Gasteiger partial charge in [-0.1, -0.05) is 18.2 Å². The van der Waals surface area contributed by atoms with Crippen molar-refractivity contribution in [1.82, 2.24) is 5.43 Å². The van der Waals surface area contributed by atoms with Gasteiger partial charge in [-0.2, -0.15) is 5.10 Å². The molecule has 160 valence electrons. The second-order valence-electron chi connectivity index (χ2n) is 6.47. The van der Waals surface area contributed by atoms with Gasteiger partial charge in [-0.05, 0) is 36.8 Å². The van der Waals surface area contributed by atoms with E-state index < -0.39 is 22.5 Å². The molecule has 0 radical (unpaired) electrons. The Bertz CT molecular complexity index is 1070. The van der Waals surface area contributed by atoms with Crippen LogP contribution in [0.3, 0.4) is 0 Å². The number of anilines is 2. The molecule has 10 heteroatoms. The van der Waals surface area contributed by atoms with Gasteiger partial charge in [0.15, 0.2) is 0 Å². The molecule has 2 aromatic carbocycles. The molecule has 0 bridgehead atoms. The van der Waals surface area contributed by atoms with Crippen LogP contribution in [0.2, 0.25) is 0 Å². The van der Waals surface area contributed by atoms with Gasteiger partial charge in [0.05, 0.1) is 24.8 Å². The summed E-state index contributed by atoms with van der Waals surface area (Å²) in [6, 6.07) is 13.4. The lowest BCUT2D eigenvalue weighted by atomic mass is 10.1. The largest absolute Gasteiger partial charge is 0.497 e. The quantitative estimate of drug-likeness (QED) is 0.488. The van der Waals surface area contributed by atoms with Gasteiger partial charge in [0.25, 0.3) is 5.91 Å². The molecule has 0 heterocycles. The lowest BCUT2D eigenvalue weighted by molar-refractivity contribution is -0.119. The average Bonchev–Trinajstić information content (AvgIpc) is 2.69. The van der Waals surface area contributed by atoms with E-state index in [1.165, 1.54) is 20.1 Å². The number of benzene rings is 2. The van der Waals surface area contributed by atoms with Gasteiger partial charge in [-0.3, -0.25) is 13.9 Å². The van der Waals surface area contributed by atoms with E-state index >= 15 is 0 Å². The predicted octanol–water partition coefficient (Wildman–Crippen LogP) is 1.96. The summed E-state index contributed by atoms with van der Waals surface area (Å²) in [6.07, 6.45) is 1.02. The number of carbonyl (C=O) groups is 2. The van der Waals surface area contributed by atoms with E-state index in [9.17, 15) is 18.0 Å². The molecular formula is C20H24N4O5S. The van der Waals surface area contributed by atoms with Crippen LogP contribution in [0.5, 0.6) is 5.75 Å². The fraction of sp³-hybridized carbons (Fsp3) is 0.250. The van der Waals surface area contributed by atoms with Crippen molar-refractivity contribution in [2.24, 2.45) is 5.10 Å². The minimum Gasteiger partial charge on any atom is -0.497 e. The smallest absolute Gasteiger partial charge is 0.260 e. The Morgan fingerprint density at radius 1 is 1.10 bits per heavy atom. The number of nitrogens with zero attached hydrogens (tertiary/aromatic N) is 2. The van der Waals surface area contributed by atoms with E-state index in [0.717, 1.165) is 10.6 Å². The summed E-state index contributed by atoms with van der Waals surface area (Å²) in [5.41, 5.74) is 4.45. The van der Waals surface area contributed by atoms with E-state index in [2.05, 4.69) is 15.8 Å². The van der Waals surface area contributed by atoms with Crippen molar-refractivity contribution in [2.45, 2.75) is 13.8 Å². The molecule has 0 spiro atoms. The minimum atomic E-state index is -3.72. The van der Waals surface area contributed by atoms with Gasteiger partial charge in [0, 0.05) is 18.7 Å². The highest BCUT2D eigenvalue weighted by atomic mass is 32.2. The third kappa shape index (κ3) is 6.59. The summed E-state index contributed by atoms with van der Waals surface area (Å²) in [7, 11) is -2.25. The molecule has 0 aliphatic rings. The maximum atomic E-state index is 12.4. The second kappa shape index (κ2) is 9.88. The normalized spacial score (nSPS) is 11.5. The molecular weight excluding hydrogens is 408 g/mol. The zero-order valence-electron chi connectivity index (χ0n) is 17.2. The Kier molecular flexibility index (Phi) is 7.54. The van der Waals surface area contributed by atoms with Gasteiger partial charge < -0.3 is 10.1 Å². The van der Waals surface area contributed by atoms with E-state index in [-0.39, 0.29) is 5.91 Å². The summed E-state index contributed by atoms with van der Waals surface area (Å²) in [5.74, 6) is -0.344. The number of nitrogens with one attached hydrogen (secondary N) is 2. The number of sulfonamides is 1. The number of rotatable bonds is 8. The first-order valence-corrected chi connectivity index (χ1v) is 10.8. The number of ether oxygens (including phenoxy) is 1. The summed E-state index contributed by atoms with van der Waals surface area (Å²) < 4.78 is 30.5. The van der Waals surface area contributed by atoms with E-state index in [4.69, 9.17) is 4.74 Å². The molecule has 2 aromatic rings. The maximum absolute atomic E-state index is 12.4. The fourth-order valence-corrected chi connectivity index (χ4v) is 3.42. The number of hydrogen-bond acceptors (Lipinski definition) is 6. The molecule has 0 saturated carbocycles. The van der Waals surface area contributed by atoms with Crippen LogP contribution in [-0.4, -0.2) is 45.9 Å². The summed E-state index contributed by atoms with van der Waals surface area (Å²) >= 11 is 0.